The van der Waals surface area contributed by atoms with Gasteiger partial charge in [-0.25, -0.2) is 4.98 Å². The first-order valence-corrected chi connectivity index (χ1v) is 5.97. The summed E-state index contributed by atoms with van der Waals surface area (Å²) in [4.78, 5) is 27.1. The highest BCUT2D eigenvalue weighted by Gasteiger charge is 2.38. The second-order valence-corrected chi connectivity index (χ2v) is 4.73. The summed E-state index contributed by atoms with van der Waals surface area (Å²) in [5, 5.41) is 29.2. The molecule has 1 N–H and O–H groups in total. The fraction of sp³-hybridized carbons (Fsp3) is 0.417. The molecule has 1 saturated heterocycles. The van der Waals surface area contributed by atoms with Crippen molar-refractivity contribution in [3.05, 3.63) is 27.9 Å². The van der Waals surface area contributed by atoms with Crippen LogP contribution < -0.4 is 4.90 Å². The Hall–Kier alpha value is -2.69. The van der Waals surface area contributed by atoms with Crippen molar-refractivity contribution in [2.75, 3.05) is 18.0 Å². The monoisotopic (exact) mass is 276 g/mol. The minimum absolute atomic E-state index is 0.0599. The van der Waals surface area contributed by atoms with E-state index in [0.29, 0.717) is 6.54 Å². The van der Waals surface area contributed by atoms with E-state index in [4.69, 9.17) is 10.4 Å². The summed E-state index contributed by atoms with van der Waals surface area (Å²) in [6.07, 6.45) is 1.32. The van der Waals surface area contributed by atoms with E-state index in [9.17, 15) is 14.9 Å². The number of nitro groups is 1. The predicted octanol–water partition coefficient (Wildman–Crippen LogP) is 1.02. The van der Waals surface area contributed by atoms with Crippen LogP contribution >= 0.6 is 0 Å². The van der Waals surface area contributed by atoms with E-state index in [-0.39, 0.29) is 29.5 Å². The number of nitriles is 1. The SMILES string of the molecule is CC1CN(c2nccc(C#N)c2[N+](=O)[O-])CC1C(=O)O. The fourth-order valence-corrected chi connectivity index (χ4v) is 2.41. The number of rotatable bonds is 3. The Morgan fingerprint density at radius 2 is 2.35 bits per heavy atom. The maximum Gasteiger partial charge on any atom is 0.329 e. The number of aliphatic carboxylic acids is 1. The average molecular weight is 276 g/mol. The van der Waals surface area contributed by atoms with E-state index >= 15 is 0 Å². The van der Waals surface area contributed by atoms with Crippen LogP contribution in [-0.2, 0) is 4.79 Å². The highest BCUT2D eigenvalue weighted by atomic mass is 16.6. The van der Waals surface area contributed by atoms with Crippen LogP contribution in [0.25, 0.3) is 0 Å². The van der Waals surface area contributed by atoms with E-state index < -0.39 is 16.8 Å². The molecule has 2 rings (SSSR count). The Bertz CT molecular complexity index is 610. The Kier molecular flexibility index (Phi) is 3.52. The third kappa shape index (κ3) is 2.25. The molecule has 0 spiro atoms. The van der Waals surface area contributed by atoms with Crippen LogP contribution in [0.3, 0.4) is 0 Å². The van der Waals surface area contributed by atoms with Crippen molar-refractivity contribution < 1.29 is 14.8 Å². The number of hydrogen-bond donors (Lipinski definition) is 1. The summed E-state index contributed by atoms with van der Waals surface area (Å²) in [7, 11) is 0. The molecule has 0 aromatic carbocycles. The van der Waals surface area contributed by atoms with E-state index in [0.717, 1.165) is 0 Å². The number of hydrogen-bond acceptors (Lipinski definition) is 6. The molecule has 8 heteroatoms. The Labute approximate surface area is 114 Å². The van der Waals surface area contributed by atoms with Gasteiger partial charge in [-0.1, -0.05) is 6.92 Å². The number of carbonyl (C=O) groups is 1. The Balaban J connectivity index is 2.43. The summed E-state index contributed by atoms with van der Waals surface area (Å²) in [6, 6.07) is 3.03. The van der Waals surface area contributed by atoms with Gasteiger partial charge in [0.15, 0.2) is 0 Å². The van der Waals surface area contributed by atoms with Crippen LogP contribution in [0.4, 0.5) is 11.5 Å². The lowest BCUT2D eigenvalue weighted by atomic mass is 9.99. The predicted molar refractivity (Wildman–Crippen MR) is 68.1 cm³/mol. The fourth-order valence-electron chi connectivity index (χ4n) is 2.41. The molecule has 1 aliphatic heterocycles. The lowest BCUT2D eigenvalue weighted by molar-refractivity contribution is -0.384. The van der Waals surface area contributed by atoms with Gasteiger partial charge >= 0.3 is 11.7 Å². The zero-order chi connectivity index (χ0) is 14.9. The quantitative estimate of drug-likeness (QED) is 0.646. The molecule has 8 nitrogen and oxygen atoms in total. The second-order valence-electron chi connectivity index (χ2n) is 4.73. The normalized spacial score (nSPS) is 21.5. The third-order valence-corrected chi connectivity index (χ3v) is 3.44. The maximum atomic E-state index is 11.1. The van der Waals surface area contributed by atoms with Crippen molar-refractivity contribution in [2.45, 2.75) is 6.92 Å². The Morgan fingerprint density at radius 1 is 1.65 bits per heavy atom. The first kappa shape index (κ1) is 13.7. The van der Waals surface area contributed by atoms with Crippen LogP contribution in [0.15, 0.2) is 12.3 Å². The van der Waals surface area contributed by atoms with Gasteiger partial charge in [0.1, 0.15) is 11.6 Å². The molecular weight excluding hydrogens is 264 g/mol. The maximum absolute atomic E-state index is 11.1. The average Bonchev–Trinajstić information content (AvgIpc) is 2.79. The van der Waals surface area contributed by atoms with Gasteiger partial charge in [-0.2, -0.15) is 5.26 Å². The molecule has 104 valence electrons. The second kappa shape index (κ2) is 5.13. The number of aromatic nitrogens is 1. The third-order valence-electron chi connectivity index (χ3n) is 3.44. The van der Waals surface area contributed by atoms with Gasteiger partial charge in [-0.3, -0.25) is 14.9 Å². The Morgan fingerprint density at radius 3 is 2.85 bits per heavy atom. The van der Waals surface area contributed by atoms with Gasteiger partial charge in [0.25, 0.3) is 0 Å². The number of pyridine rings is 1. The molecule has 0 radical (unpaired) electrons. The van der Waals surface area contributed by atoms with Crippen molar-refractivity contribution in [2.24, 2.45) is 11.8 Å². The molecule has 1 aromatic heterocycles. The number of carboxylic acids is 1. The van der Waals surface area contributed by atoms with Gasteiger partial charge in [-0.05, 0) is 12.0 Å². The molecule has 0 saturated carbocycles. The van der Waals surface area contributed by atoms with Gasteiger partial charge in [-0.15, -0.1) is 0 Å². The highest BCUT2D eigenvalue weighted by molar-refractivity contribution is 5.74. The summed E-state index contributed by atoms with van der Waals surface area (Å²) < 4.78 is 0. The van der Waals surface area contributed by atoms with E-state index in [1.165, 1.54) is 12.3 Å². The van der Waals surface area contributed by atoms with Crippen LogP contribution in [0.5, 0.6) is 0 Å². The summed E-state index contributed by atoms with van der Waals surface area (Å²) in [6.45, 7) is 2.29. The summed E-state index contributed by atoms with van der Waals surface area (Å²) in [5.74, 6) is -1.61. The van der Waals surface area contributed by atoms with E-state index in [1.807, 2.05) is 0 Å². The highest BCUT2D eigenvalue weighted by Crippen LogP contribution is 2.34. The molecule has 1 fully saturated rings. The van der Waals surface area contributed by atoms with Gasteiger partial charge in [0.05, 0.1) is 10.8 Å². The van der Waals surface area contributed by atoms with Crippen molar-refractivity contribution in [3.63, 3.8) is 0 Å². The topological polar surface area (TPSA) is 120 Å². The zero-order valence-corrected chi connectivity index (χ0v) is 10.7. The molecule has 2 unspecified atom stereocenters. The molecule has 2 heterocycles. The van der Waals surface area contributed by atoms with Crippen molar-refractivity contribution in [3.8, 4) is 6.07 Å². The summed E-state index contributed by atoms with van der Waals surface area (Å²) in [5.41, 5.74) is -0.445. The molecule has 0 amide bonds. The lowest BCUT2D eigenvalue weighted by Gasteiger charge is -2.16. The molecule has 20 heavy (non-hydrogen) atoms. The molecular formula is C12H12N4O4. The zero-order valence-electron chi connectivity index (χ0n) is 10.7. The van der Waals surface area contributed by atoms with Crippen LogP contribution in [0.1, 0.15) is 12.5 Å². The van der Waals surface area contributed by atoms with E-state index in [2.05, 4.69) is 4.98 Å². The standard InChI is InChI=1S/C12H12N4O4/c1-7-5-15(6-9(7)12(17)18)11-10(16(19)20)8(4-13)2-3-14-11/h2-3,7,9H,5-6H2,1H3,(H,17,18). The van der Waals surface area contributed by atoms with Crippen LogP contribution in [-0.4, -0.2) is 34.1 Å². The molecule has 0 aliphatic carbocycles. The minimum atomic E-state index is -0.931. The van der Waals surface area contributed by atoms with Gasteiger partial charge in [0.2, 0.25) is 5.82 Å². The largest absolute Gasteiger partial charge is 0.481 e. The van der Waals surface area contributed by atoms with Gasteiger partial charge in [0, 0.05) is 19.3 Å². The van der Waals surface area contributed by atoms with Crippen molar-refractivity contribution >= 4 is 17.5 Å². The molecule has 2 atom stereocenters. The smallest absolute Gasteiger partial charge is 0.329 e. The first-order chi connectivity index (χ1) is 9.45. The number of anilines is 1. The summed E-state index contributed by atoms with van der Waals surface area (Å²) >= 11 is 0. The number of carboxylic acid groups (broad SMARTS) is 1. The van der Waals surface area contributed by atoms with Crippen molar-refractivity contribution in [1.82, 2.24) is 4.98 Å². The van der Waals surface area contributed by atoms with Crippen LogP contribution in [0.2, 0.25) is 0 Å². The molecule has 0 bridgehead atoms. The molecule has 1 aromatic rings. The first-order valence-electron chi connectivity index (χ1n) is 5.97. The van der Waals surface area contributed by atoms with Crippen LogP contribution in [0, 0.1) is 33.3 Å². The van der Waals surface area contributed by atoms with Gasteiger partial charge < -0.3 is 10.0 Å². The van der Waals surface area contributed by atoms with E-state index in [1.54, 1.807) is 17.9 Å². The minimum Gasteiger partial charge on any atom is -0.481 e. The van der Waals surface area contributed by atoms with Crippen molar-refractivity contribution in [1.29, 1.82) is 5.26 Å². The number of nitrogens with zero attached hydrogens (tertiary/aromatic N) is 4. The molecule has 1 aliphatic rings. The lowest BCUT2D eigenvalue weighted by Crippen LogP contribution is -2.24.